The van der Waals surface area contributed by atoms with Crippen LogP contribution in [0.1, 0.15) is 12.8 Å². The number of rotatable bonds is 8. The molecule has 0 atom stereocenters. The zero-order chi connectivity index (χ0) is 13.4. The molecule has 2 N–H and O–H groups in total. The third-order valence-electron chi connectivity index (χ3n) is 3.20. The van der Waals surface area contributed by atoms with Crippen LogP contribution in [0.3, 0.4) is 0 Å². The van der Waals surface area contributed by atoms with Crippen LogP contribution in [-0.2, 0) is 14.8 Å². The lowest BCUT2D eigenvalue weighted by Gasteiger charge is -2.33. The first kappa shape index (κ1) is 15.8. The van der Waals surface area contributed by atoms with Gasteiger partial charge < -0.3 is 15.4 Å². The predicted octanol–water partition coefficient (Wildman–Crippen LogP) is -0.681. The molecule has 0 unspecified atom stereocenters. The maximum atomic E-state index is 11.9. The number of hydrogen-bond acceptors (Lipinski definition) is 5. The van der Waals surface area contributed by atoms with E-state index in [-0.39, 0.29) is 12.4 Å². The molecule has 0 saturated carbocycles. The van der Waals surface area contributed by atoms with Crippen molar-refractivity contribution in [2.45, 2.75) is 12.8 Å². The Balaban J connectivity index is 2.30. The second-order valence-corrected chi connectivity index (χ2v) is 6.63. The lowest BCUT2D eigenvalue weighted by Crippen LogP contribution is -2.49. The Morgan fingerprint density at radius 2 is 1.83 bits per heavy atom. The van der Waals surface area contributed by atoms with Crippen LogP contribution in [0.2, 0.25) is 0 Å². The van der Waals surface area contributed by atoms with E-state index in [4.69, 9.17) is 10.5 Å². The predicted molar refractivity (Wildman–Crippen MR) is 72.0 cm³/mol. The molecule has 0 spiro atoms. The smallest absolute Gasteiger partial charge is 0.216 e. The normalized spacial score (nSPS) is 19.2. The average Bonchev–Trinajstić information content (AvgIpc) is 2.37. The van der Waals surface area contributed by atoms with Gasteiger partial charge in [0.1, 0.15) is 0 Å². The summed E-state index contributed by atoms with van der Waals surface area (Å²) in [5.41, 5.74) is 5.45. The Kier molecular flexibility index (Phi) is 7.10. The molecule has 0 aromatic heterocycles. The van der Waals surface area contributed by atoms with E-state index in [0.29, 0.717) is 13.1 Å². The third-order valence-corrected chi connectivity index (χ3v) is 5.03. The van der Waals surface area contributed by atoms with E-state index in [1.807, 2.05) is 0 Å². The highest BCUT2D eigenvalue weighted by molar-refractivity contribution is 7.89. The summed E-state index contributed by atoms with van der Waals surface area (Å²) >= 11 is 0. The molecule has 1 heterocycles. The number of piperazine rings is 1. The minimum absolute atomic E-state index is 0.0800. The molecule has 1 rings (SSSR count). The van der Waals surface area contributed by atoms with Crippen molar-refractivity contribution >= 4 is 10.0 Å². The molecule has 0 amide bonds. The molecule has 6 nitrogen and oxygen atoms in total. The van der Waals surface area contributed by atoms with E-state index in [2.05, 4.69) is 4.90 Å². The van der Waals surface area contributed by atoms with Gasteiger partial charge in [0.25, 0.3) is 0 Å². The third kappa shape index (κ3) is 5.19. The summed E-state index contributed by atoms with van der Waals surface area (Å²) in [7, 11) is -1.61. The first-order chi connectivity index (χ1) is 8.60. The van der Waals surface area contributed by atoms with Gasteiger partial charge in [0.05, 0.1) is 12.4 Å². The lowest BCUT2D eigenvalue weighted by atomic mass is 10.2. The number of methoxy groups -OCH3 is 1. The van der Waals surface area contributed by atoms with E-state index in [0.717, 1.165) is 39.0 Å². The molecule has 18 heavy (non-hydrogen) atoms. The Morgan fingerprint density at radius 1 is 1.17 bits per heavy atom. The number of sulfonamides is 1. The molecule has 0 aromatic rings. The quantitative estimate of drug-likeness (QED) is 0.596. The highest BCUT2D eigenvalue weighted by Gasteiger charge is 2.26. The van der Waals surface area contributed by atoms with Crippen molar-refractivity contribution in [3.05, 3.63) is 0 Å². The van der Waals surface area contributed by atoms with Crippen LogP contribution in [0, 0.1) is 0 Å². The molecule has 0 aliphatic carbocycles. The van der Waals surface area contributed by atoms with E-state index >= 15 is 0 Å². The fraction of sp³-hybridized carbons (Fsp3) is 1.00. The molecule has 1 aliphatic rings. The van der Waals surface area contributed by atoms with Crippen LogP contribution in [-0.4, -0.2) is 76.4 Å². The van der Waals surface area contributed by atoms with Crippen LogP contribution >= 0.6 is 0 Å². The lowest BCUT2D eigenvalue weighted by molar-refractivity contribution is 0.182. The average molecular weight is 279 g/mol. The number of unbranched alkanes of at least 4 members (excludes halogenated alkanes) is 1. The van der Waals surface area contributed by atoms with E-state index in [9.17, 15) is 8.42 Å². The summed E-state index contributed by atoms with van der Waals surface area (Å²) in [5.74, 6) is 0.0800. The number of hydrogen-bond donors (Lipinski definition) is 1. The molecule has 7 heteroatoms. The summed E-state index contributed by atoms with van der Waals surface area (Å²) in [6.07, 6.45) is 2.12. The zero-order valence-corrected chi connectivity index (χ0v) is 12.0. The molecule has 1 aliphatic heterocycles. The zero-order valence-electron chi connectivity index (χ0n) is 11.2. The second kappa shape index (κ2) is 8.06. The first-order valence-corrected chi connectivity index (χ1v) is 8.10. The SMILES string of the molecule is COCCS(=O)(=O)N1CCN(CCCCN)CC1. The Hall–Kier alpha value is -0.210. The van der Waals surface area contributed by atoms with Crippen molar-refractivity contribution < 1.29 is 13.2 Å². The van der Waals surface area contributed by atoms with Crippen LogP contribution in [0.15, 0.2) is 0 Å². The summed E-state index contributed by atoms with van der Waals surface area (Å²) in [6, 6.07) is 0. The van der Waals surface area contributed by atoms with Crippen molar-refractivity contribution in [2.24, 2.45) is 5.73 Å². The molecule has 1 fully saturated rings. The van der Waals surface area contributed by atoms with Crippen LogP contribution in [0.4, 0.5) is 0 Å². The summed E-state index contributed by atoms with van der Waals surface area (Å²) in [5, 5.41) is 0. The molecule has 1 saturated heterocycles. The largest absolute Gasteiger partial charge is 0.384 e. The fourth-order valence-corrected chi connectivity index (χ4v) is 3.38. The molecular weight excluding hydrogens is 254 g/mol. The summed E-state index contributed by atoms with van der Waals surface area (Å²) in [4.78, 5) is 2.30. The van der Waals surface area contributed by atoms with E-state index in [1.165, 1.54) is 7.11 Å². The van der Waals surface area contributed by atoms with Gasteiger partial charge in [-0.25, -0.2) is 8.42 Å². The van der Waals surface area contributed by atoms with Gasteiger partial charge in [0.15, 0.2) is 0 Å². The molecular formula is C11H25N3O3S. The summed E-state index contributed by atoms with van der Waals surface area (Å²) in [6.45, 7) is 4.82. The molecule has 0 aromatic carbocycles. The van der Waals surface area contributed by atoms with Gasteiger partial charge in [-0.05, 0) is 25.9 Å². The van der Waals surface area contributed by atoms with Crippen molar-refractivity contribution in [1.82, 2.24) is 9.21 Å². The monoisotopic (exact) mass is 279 g/mol. The maximum absolute atomic E-state index is 11.9. The van der Waals surface area contributed by atoms with Crippen LogP contribution < -0.4 is 5.73 Å². The van der Waals surface area contributed by atoms with Crippen molar-refractivity contribution in [3.8, 4) is 0 Å². The first-order valence-electron chi connectivity index (χ1n) is 6.49. The molecule has 0 radical (unpaired) electrons. The Bertz CT molecular complexity index is 313. The van der Waals surface area contributed by atoms with Crippen molar-refractivity contribution in [1.29, 1.82) is 0 Å². The topological polar surface area (TPSA) is 75.9 Å². The van der Waals surface area contributed by atoms with Gasteiger partial charge in [-0.15, -0.1) is 0 Å². The van der Waals surface area contributed by atoms with Gasteiger partial charge in [0, 0.05) is 33.3 Å². The minimum Gasteiger partial charge on any atom is -0.384 e. The molecule has 108 valence electrons. The summed E-state index contributed by atoms with van der Waals surface area (Å²) < 4.78 is 30.2. The Labute approximate surface area is 110 Å². The van der Waals surface area contributed by atoms with Gasteiger partial charge in [-0.3, -0.25) is 0 Å². The van der Waals surface area contributed by atoms with Crippen molar-refractivity contribution in [3.63, 3.8) is 0 Å². The minimum atomic E-state index is -3.13. The van der Waals surface area contributed by atoms with Gasteiger partial charge in [-0.1, -0.05) is 0 Å². The van der Waals surface area contributed by atoms with E-state index < -0.39 is 10.0 Å². The Morgan fingerprint density at radius 3 is 2.39 bits per heavy atom. The molecule has 0 bridgehead atoms. The number of nitrogens with two attached hydrogens (primary N) is 1. The van der Waals surface area contributed by atoms with Gasteiger partial charge >= 0.3 is 0 Å². The fourth-order valence-electron chi connectivity index (χ4n) is 2.03. The highest BCUT2D eigenvalue weighted by atomic mass is 32.2. The standard InChI is InChI=1S/C11H25N3O3S/c1-17-10-11-18(15,16)14-8-6-13(7-9-14)5-3-2-4-12/h2-12H2,1H3. The number of nitrogens with zero attached hydrogens (tertiary/aromatic N) is 2. The van der Waals surface area contributed by atoms with E-state index in [1.54, 1.807) is 4.31 Å². The van der Waals surface area contributed by atoms with Gasteiger partial charge in [0.2, 0.25) is 10.0 Å². The van der Waals surface area contributed by atoms with Crippen molar-refractivity contribution in [2.75, 3.05) is 58.7 Å². The highest BCUT2D eigenvalue weighted by Crippen LogP contribution is 2.08. The number of ether oxygens (including phenoxy) is 1. The van der Waals surface area contributed by atoms with Crippen LogP contribution in [0.25, 0.3) is 0 Å². The maximum Gasteiger partial charge on any atom is 0.216 e. The van der Waals surface area contributed by atoms with Gasteiger partial charge in [-0.2, -0.15) is 4.31 Å². The second-order valence-electron chi connectivity index (χ2n) is 4.55. The van der Waals surface area contributed by atoms with Crippen LogP contribution in [0.5, 0.6) is 0 Å².